The zero-order chi connectivity index (χ0) is 23.5. The average Bonchev–Trinajstić information content (AvgIpc) is 3.20. The molecule has 12 heteroatoms. The van der Waals surface area contributed by atoms with Crippen LogP contribution in [0.5, 0.6) is 0 Å². The number of sulfonamides is 1. The number of nitrogens with zero attached hydrogens (tertiary/aromatic N) is 2. The van der Waals surface area contributed by atoms with Gasteiger partial charge in [0.05, 0.1) is 23.7 Å². The Kier molecular flexibility index (Phi) is 6.87. The summed E-state index contributed by atoms with van der Waals surface area (Å²) in [4.78, 5) is 34.0. The van der Waals surface area contributed by atoms with Gasteiger partial charge in [0.2, 0.25) is 0 Å². The van der Waals surface area contributed by atoms with Crippen molar-refractivity contribution >= 4 is 27.6 Å². The minimum Gasteiger partial charge on any atom is -0.465 e. The third kappa shape index (κ3) is 4.77. The van der Waals surface area contributed by atoms with Crippen molar-refractivity contribution < 1.29 is 37.5 Å². The maximum atomic E-state index is 13.1. The minimum atomic E-state index is -4.46. The van der Waals surface area contributed by atoms with E-state index in [0.29, 0.717) is 11.1 Å². The van der Waals surface area contributed by atoms with Gasteiger partial charge in [-0.05, 0) is 23.8 Å². The molecule has 0 saturated carbocycles. The summed E-state index contributed by atoms with van der Waals surface area (Å²) < 4.78 is 36.7. The van der Waals surface area contributed by atoms with Crippen molar-refractivity contribution in [2.45, 2.75) is 30.1 Å². The fourth-order valence-corrected chi connectivity index (χ4v) is 5.11. The van der Waals surface area contributed by atoms with Crippen molar-refractivity contribution in [3.05, 3.63) is 69.8 Å². The molecular weight excluding hydrogens is 444 g/mol. The van der Waals surface area contributed by atoms with Crippen molar-refractivity contribution in [3.63, 3.8) is 0 Å². The molecule has 170 valence electrons. The molecule has 0 amide bonds. The number of rotatable bonds is 7. The summed E-state index contributed by atoms with van der Waals surface area (Å²) in [6.07, 6.45) is -1.34. The monoisotopic (exact) mass is 464 g/mol. The van der Waals surface area contributed by atoms with Gasteiger partial charge in [0.15, 0.2) is 4.90 Å². The molecule has 0 aliphatic carbocycles. The van der Waals surface area contributed by atoms with Gasteiger partial charge in [0.25, 0.3) is 15.7 Å². The quantitative estimate of drug-likeness (QED) is 0.362. The number of methoxy groups -OCH3 is 1. The van der Waals surface area contributed by atoms with E-state index in [0.717, 1.165) is 16.4 Å². The summed E-state index contributed by atoms with van der Waals surface area (Å²) in [5.41, 5.74) is 0.215. The number of benzene rings is 2. The summed E-state index contributed by atoms with van der Waals surface area (Å²) in [6.45, 7) is -0.603. The molecule has 0 spiro atoms. The van der Waals surface area contributed by atoms with E-state index in [1.165, 1.54) is 31.4 Å². The van der Waals surface area contributed by atoms with E-state index in [1.54, 1.807) is 12.1 Å². The second kappa shape index (κ2) is 9.42. The Morgan fingerprint density at radius 1 is 1.19 bits per heavy atom. The second-order valence-corrected chi connectivity index (χ2v) is 8.86. The minimum absolute atomic E-state index is 0.202. The number of hydrogen-bond acceptors (Lipinski definition) is 9. The third-order valence-corrected chi connectivity index (χ3v) is 6.83. The van der Waals surface area contributed by atoms with Crippen molar-refractivity contribution in [1.82, 2.24) is 4.31 Å². The molecule has 1 saturated heterocycles. The maximum Gasteiger partial charge on any atom is 0.337 e. The number of nitro benzene ring substituents is 1. The fraction of sp³-hybridized carbons (Fsp3) is 0.300. The first-order valence-corrected chi connectivity index (χ1v) is 10.9. The van der Waals surface area contributed by atoms with Crippen molar-refractivity contribution in [1.29, 1.82) is 0 Å². The Hall–Kier alpha value is -3.35. The number of ether oxygens (including phenoxy) is 2. The van der Waals surface area contributed by atoms with Crippen LogP contribution in [0.3, 0.4) is 0 Å². The predicted octanol–water partition coefficient (Wildman–Crippen LogP) is 1.25. The first-order chi connectivity index (χ1) is 15.1. The van der Waals surface area contributed by atoms with Crippen LogP contribution in [0, 0.1) is 10.1 Å². The first-order valence-electron chi connectivity index (χ1n) is 9.42. The molecule has 0 bridgehead atoms. The molecule has 0 unspecified atom stereocenters. The zero-order valence-corrected chi connectivity index (χ0v) is 17.7. The van der Waals surface area contributed by atoms with Gasteiger partial charge in [-0.1, -0.05) is 24.3 Å². The highest BCUT2D eigenvalue weighted by Gasteiger charge is 2.46. The molecule has 11 nitrogen and oxygen atoms in total. The Labute approximate surface area is 183 Å². The van der Waals surface area contributed by atoms with Gasteiger partial charge in [0.1, 0.15) is 12.6 Å². The lowest BCUT2D eigenvalue weighted by molar-refractivity contribution is -0.387. The number of esters is 2. The van der Waals surface area contributed by atoms with Crippen LogP contribution in [-0.2, 0) is 30.9 Å². The maximum absolute atomic E-state index is 13.1. The molecule has 0 aromatic heterocycles. The molecule has 1 aliphatic rings. The predicted molar refractivity (Wildman–Crippen MR) is 109 cm³/mol. The molecule has 1 N–H and O–H groups in total. The van der Waals surface area contributed by atoms with Crippen molar-refractivity contribution in [3.8, 4) is 0 Å². The smallest absolute Gasteiger partial charge is 0.337 e. The van der Waals surface area contributed by atoms with Gasteiger partial charge in [0, 0.05) is 19.0 Å². The molecule has 2 aromatic rings. The number of aliphatic hydroxyl groups is 1. The van der Waals surface area contributed by atoms with E-state index in [1.807, 2.05) is 0 Å². The van der Waals surface area contributed by atoms with E-state index < -0.39 is 56.2 Å². The summed E-state index contributed by atoms with van der Waals surface area (Å²) >= 11 is 0. The standard InChI is InChI=1S/C20H20N2O9S/c1-30-19(24)14-8-6-13(7-9-14)12-31-20(25)17-10-15(23)11-21(17)32(28,29)18-5-3-2-4-16(18)22(26)27/h2-9,15,17,23H,10-12H2,1H3/t15-,17+/m1/s1. The van der Waals surface area contributed by atoms with E-state index >= 15 is 0 Å². The van der Waals surface area contributed by atoms with E-state index in [-0.39, 0.29) is 13.0 Å². The van der Waals surface area contributed by atoms with Gasteiger partial charge >= 0.3 is 11.9 Å². The first kappa shape index (κ1) is 23.3. The highest BCUT2D eigenvalue weighted by molar-refractivity contribution is 7.89. The number of carbonyl (C=O) groups excluding carboxylic acids is 2. The van der Waals surface area contributed by atoms with Gasteiger partial charge < -0.3 is 14.6 Å². The Morgan fingerprint density at radius 3 is 2.47 bits per heavy atom. The highest BCUT2D eigenvalue weighted by atomic mass is 32.2. The third-order valence-electron chi connectivity index (χ3n) is 4.91. The number of hydrogen-bond donors (Lipinski definition) is 1. The van der Waals surface area contributed by atoms with Crippen molar-refractivity contribution in [2.24, 2.45) is 0 Å². The van der Waals surface area contributed by atoms with Crippen molar-refractivity contribution in [2.75, 3.05) is 13.7 Å². The summed E-state index contributed by atoms with van der Waals surface area (Å²) in [7, 11) is -3.22. The molecule has 1 aliphatic heterocycles. The number of para-hydroxylation sites is 1. The lowest BCUT2D eigenvalue weighted by Gasteiger charge is -2.22. The highest BCUT2D eigenvalue weighted by Crippen LogP contribution is 2.32. The van der Waals surface area contributed by atoms with Crippen LogP contribution in [-0.4, -0.2) is 60.5 Å². The van der Waals surface area contributed by atoms with E-state index in [2.05, 4.69) is 4.74 Å². The summed E-state index contributed by atoms with van der Waals surface area (Å²) in [5.74, 6) is -1.43. The fourth-order valence-electron chi connectivity index (χ4n) is 3.32. The van der Waals surface area contributed by atoms with Crippen LogP contribution in [0.15, 0.2) is 53.4 Å². The van der Waals surface area contributed by atoms with Gasteiger partial charge in [-0.15, -0.1) is 0 Å². The van der Waals surface area contributed by atoms with Crippen LogP contribution in [0.4, 0.5) is 5.69 Å². The lowest BCUT2D eigenvalue weighted by atomic mass is 10.1. The molecule has 2 atom stereocenters. The summed E-state index contributed by atoms with van der Waals surface area (Å²) in [5, 5.41) is 21.3. The molecular formula is C20H20N2O9S. The molecule has 2 aromatic carbocycles. The van der Waals surface area contributed by atoms with Crippen LogP contribution in [0.2, 0.25) is 0 Å². The van der Waals surface area contributed by atoms with Gasteiger partial charge in [-0.3, -0.25) is 14.9 Å². The second-order valence-electron chi connectivity index (χ2n) is 7.00. The molecule has 32 heavy (non-hydrogen) atoms. The Bertz CT molecular complexity index is 1130. The van der Waals surface area contributed by atoms with E-state index in [9.17, 15) is 33.2 Å². The van der Waals surface area contributed by atoms with E-state index in [4.69, 9.17) is 4.74 Å². The van der Waals surface area contributed by atoms with Crippen LogP contribution < -0.4 is 0 Å². The average molecular weight is 464 g/mol. The Balaban J connectivity index is 1.77. The molecule has 3 rings (SSSR count). The van der Waals surface area contributed by atoms with Crippen LogP contribution in [0.1, 0.15) is 22.3 Å². The lowest BCUT2D eigenvalue weighted by Crippen LogP contribution is -2.41. The summed E-state index contributed by atoms with van der Waals surface area (Å²) in [6, 6.07) is 9.50. The van der Waals surface area contributed by atoms with Gasteiger partial charge in [-0.25, -0.2) is 13.2 Å². The number of aliphatic hydroxyl groups excluding tert-OH is 1. The normalized spacial score (nSPS) is 18.8. The Morgan fingerprint density at radius 2 is 1.84 bits per heavy atom. The number of carbonyl (C=O) groups is 2. The number of β-amino-alcohol motifs (C(OH)–C–C–N with tert-alkyl or cyclic N) is 1. The van der Waals surface area contributed by atoms with Crippen LogP contribution in [0.25, 0.3) is 0 Å². The largest absolute Gasteiger partial charge is 0.465 e. The van der Waals surface area contributed by atoms with Gasteiger partial charge in [-0.2, -0.15) is 4.31 Å². The topological polar surface area (TPSA) is 153 Å². The molecule has 1 heterocycles. The number of nitro groups is 1. The zero-order valence-electron chi connectivity index (χ0n) is 16.9. The molecule has 1 fully saturated rings. The van der Waals surface area contributed by atoms with Crippen LogP contribution >= 0.6 is 0 Å². The SMILES string of the molecule is COC(=O)c1ccc(COC(=O)[C@@H]2C[C@@H](O)CN2S(=O)(=O)c2ccccc2[N+](=O)[O-])cc1. The molecule has 0 radical (unpaired) electrons.